The van der Waals surface area contributed by atoms with Gasteiger partial charge in [0.15, 0.2) is 0 Å². The van der Waals surface area contributed by atoms with Crippen molar-refractivity contribution < 1.29 is 29.0 Å². The van der Waals surface area contributed by atoms with Gasteiger partial charge in [-0.3, -0.25) is 14.4 Å². The Morgan fingerprint density at radius 1 is 1.22 bits per heavy atom. The summed E-state index contributed by atoms with van der Waals surface area (Å²) in [6.45, 7) is 20.2. The van der Waals surface area contributed by atoms with Crippen LogP contribution in [0.1, 0.15) is 73.6 Å². The Bertz CT molecular complexity index is 924. The van der Waals surface area contributed by atoms with Crippen LogP contribution in [0.4, 0.5) is 0 Å². The predicted molar refractivity (Wildman–Crippen MR) is 141 cm³/mol. The van der Waals surface area contributed by atoms with Crippen LogP contribution in [0.15, 0.2) is 25.3 Å². The first-order valence-corrected chi connectivity index (χ1v) is 13.6. The third-order valence-corrected chi connectivity index (χ3v) is 8.35. The Morgan fingerprint density at radius 2 is 1.89 bits per heavy atom. The second-order valence-electron chi connectivity index (χ2n) is 12.6. The lowest BCUT2D eigenvalue weighted by atomic mass is 9.65. The van der Waals surface area contributed by atoms with Gasteiger partial charge >= 0.3 is 5.97 Å². The van der Waals surface area contributed by atoms with Crippen molar-refractivity contribution in [2.75, 3.05) is 26.3 Å². The smallest absolute Gasteiger partial charge is 0.312 e. The number of hydrogen-bond acceptors (Lipinski definition) is 6. The molecular weight excluding hydrogens is 472 g/mol. The van der Waals surface area contributed by atoms with E-state index < -0.39 is 40.6 Å². The lowest BCUT2D eigenvalue weighted by molar-refractivity contribution is -0.163. The Hall–Kier alpha value is -2.19. The zero-order valence-electron chi connectivity index (χ0n) is 23.5. The van der Waals surface area contributed by atoms with E-state index in [1.807, 2.05) is 20.8 Å². The van der Waals surface area contributed by atoms with Crippen LogP contribution in [0.5, 0.6) is 0 Å². The molecule has 3 heterocycles. The van der Waals surface area contributed by atoms with Gasteiger partial charge in [-0.15, -0.1) is 13.2 Å². The van der Waals surface area contributed by atoms with Gasteiger partial charge in [-0.25, -0.2) is 0 Å². The molecule has 5 atom stereocenters. The minimum atomic E-state index is -1.14. The number of aliphatic hydroxyl groups excluding tert-OH is 1. The van der Waals surface area contributed by atoms with E-state index in [1.54, 1.807) is 17.1 Å². The van der Waals surface area contributed by atoms with Crippen molar-refractivity contribution in [3.05, 3.63) is 25.3 Å². The molecule has 37 heavy (non-hydrogen) atoms. The van der Waals surface area contributed by atoms with E-state index in [4.69, 9.17) is 9.47 Å². The molecule has 2 unspecified atom stereocenters. The molecule has 3 saturated heterocycles. The van der Waals surface area contributed by atoms with E-state index in [-0.39, 0.29) is 37.0 Å². The predicted octanol–water partition coefficient (Wildman–Crippen LogP) is 3.48. The summed E-state index contributed by atoms with van der Waals surface area (Å²) in [6.07, 6.45) is 6.21. The summed E-state index contributed by atoms with van der Waals surface area (Å²) >= 11 is 0. The van der Waals surface area contributed by atoms with Crippen molar-refractivity contribution in [2.45, 2.75) is 96.4 Å². The van der Waals surface area contributed by atoms with Gasteiger partial charge in [0, 0.05) is 18.6 Å². The third-order valence-electron chi connectivity index (χ3n) is 8.35. The third kappa shape index (κ3) is 4.99. The maximum Gasteiger partial charge on any atom is 0.312 e. The van der Waals surface area contributed by atoms with Crippen LogP contribution in [0.3, 0.4) is 0 Å². The molecule has 0 aromatic rings. The number of amides is 2. The summed E-state index contributed by atoms with van der Waals surface area (Å²) in [5.74, 6) is -2.63. The van der Waals surface area contributed by atoms with Gasteiger partial charge < -0.3 is 24.4 Å². The van der Waals surface area contributed by atoms with E-state index in [9.17, 15) is 19.5 Å². The largest absolute Gasteiger partial charge is 0.465 e. The molecule has 3 aliphatic rings. The van der Waals surface area contributed by atoms with E-state index in [1.165, 1.54) is 4.90 Å². The van der Waals surface area contributed by atoms with Crippen LogP contribution >= 0.6 is 0 Å². The zero-order valence-corrected chi connectivity index (χ0v) is 23.5. The average molecular weight is 519 g/mol. The van der Waals surface area contributed by atoms with E-state index >= 15 is 0 Å². The van der Waals surface area contributed by atoms with Crippen LogP contribution in [0.2, 0.25) is 0 Å². The maximum absolute atomic E-state index is 14.5. The monoisotopic (exact) mass is 518 g/mol. The first-order chi connectivity index (χ1) is 17.2. The van der Waals surface area contributed by atoms with Gasteiger partial charge in [0.2, 0.25) is 11.8 Å². The minimum Gasteiger partial charge on any atom is -0.465 e. The second kappa shape index (κ2) is 10.5. The Balaban J connectivity index is 2.08. The van der Waals surface area contributed by atoms with Crippen molar-refractivity contribution in [2.24, 2.45) is 17.3 Å². The molecule has 3 rings (SSSR count). The average Bonchev–Trinajstić information content (AvgIpc) is 3.40. The molecule has 0 radical (unpaired) electrons. The van der Waals surface area contributed by atoms with E-state index in [0.717, 1.165) is 6.42 Å². The molecule has 2 bridgehead atoms. The molecule has 3 fully saturated rings. The first-order valence-electron chi connectivity index (χ1n) is 13.6. The van der Waals surface area contributed by atoms with Crippen molar-refractivity contribution in [1.29, 1.82) is 0 Å². The van der Waals surface area contributed by atoms with Crippen molar-refractivity contribution >= 4 is 17.8 Å². The number of carbonyl (C=O) groups excluding carboxylic acids is 3. The molecule has 1 N–H and O–H groups in total. The highest BCUT2D eigenvalue weighted by Crippen LogP contribution is 2.64. The molecule has 3 aliphatic heterocycles. The Labute approximate surface area is 222 Å². The van der Waals surface area contributed by atoms with Gasteiger partial charge in [0.25, 0.3) is 0 Å². The molecule has 0 aromatic heterocycles. The van der Waals surface area contributed by atoms with Crippen molar-refractivity contribution in [3.63, 3.8) is 0 Å². The van der Waals surface area contributed by atoms with E-state index in [2.05, 4.69) is 33.9 Å². The highest BCUT2D eigenvalue weighted by molar-refractivity contribution is 5.98. The van der Waals surface area contributed by atoms with Gasteiger partial charge in [-0.1, -0.05) is 39.8 Å². The molecule has 8 nitrogen and oxygen atoms in total. The van der Waals surface area contributed by atoms with Crippen molar-refractivity contribution in [3.8, 4) is 0 Å². The number of hydrogen-bond donors (Lipinski definition) is 1. The van der Waals surface area contributed by atoms with E-state index in [0.29, 0.717) is 32.2 Å². The molecule has 0 saturated carbocycles. The number of nitrogens with zero attached hydrogens (tertiary/aromatic N) is 2. The summed E-state index contributed by atoms with van der Waals surface area (Å²) < 4.78 is 12.3. The lowest BCUT2D eigenvalue weighted by Gasteiger charge is -2.45. The summed E-state index contributed by atoms with van der Waals surface area (Å²) in [6, 6.07) is -0.934. The van der Waals surface area contributed by atoms with Gasteiger partial charge in [0.05, 0.1) is 24.7 Å². The number of likely N-dealkylation sites (tertiary alicyclic amines) is 1. The molecule has 208 valence electrons. The summed E-state index contributed by atoms with van der Waals surface area (Å²) in [4.78, 5) is 45.1. The van der Waals surface area contributed by atoms with Gasteiger partial charge in [0.1, 0.15) is 17.6 Å². The standard InChI is InChI=1S/C29H46N2O6/c1-9-12-18-36-25(35)21-20-23(33)30(16-17-32)22(29(20)14-13-28(21,11-3)37-29)24(34)31(15-10-2)27(7,8)19-26(4,5)6/h9-10,20-22,32H,1-2,11-19H2,3-8H3/t20-,21-,22?,28+,29?/m0/s1. The number of ether oxygens (including phenoxy) is 2. The van der Waals surface area contributed by atoms with Gasteiger partial charge in [-0.2, -0.15) is 0 Å². The minimum absolute atomic E-state index is 0.00413. The van der Waals surface area contributed by atoms with Crippen LogP contribution in [-0.2, 0) is 23.9 Å². The normalized spacial score (nSPS) is 30.8. The second-order valence-corrected chi connectivity index (χ2v) is 12.6. The molecule has 0 aliphatic carbocycles. The van der Waals surface area contributed by atoms with Gasteiger partial charge in [-0.05, 0) is 51.4 Å². The topological polar surface area (TPSA) is 96.4 Å². The number of β-amino-alcohol motifs (C(OH)–C–C–N with tert-alkyl or cyclic N) is 1. The first kappa shape index (κ1) is 29.4. The number of aliphatic hydroxyl groups is 1. The Kier molecular flexibility index (Phi) is 8.35. The van der Waals surface area contributed by atoms with Crippen LogP contribution < -0.4 is 0 Å². The molecule has 8 heteroatoms. The molecular formula is C29H46N2O6. The zero-order chi connectivity index (χ0) is 27.8. The SMILES string of the molecule is C=CCCOC(=O)[C@@H]1[C@H]2C(=O)N(CCO)C(C(=O)N(CC=C)C(C)(C)CC(C)(C)C)C23CC[C@@]1(CC)O3. The number of fused-ring (bicyclic) bond motifs is 1. The number of carbonyl (C=O) groups is 3. The number of esters is 1. The summed E-state index contributed by atoms with van der Waals surface area (Å²) in [5, 5.41) is 9.87. The summed E-state index contributed by atoms with van der Waals surface area (Å²) in [5.41, 5.74) is -2.57. The van der Waals surface area contributed by atoms with Crippen LogP contribution in [0, 0.1) is 17.3 Å². The lowest BCUT2D eigenvalue weighted by Crippen LogP contribution is -2.61. The fourth-order valence-corrected chi connectivity index (χ4v) is 7.34. The van der Waals surface area contributed by atoms with Crippen LogP contribution in [0.25, 0.3) is 0 Å². The van der Waals surface area contributed by atoms with Crippen molar-refractivity contribution in [1.82, 2.24) is 9.80 Å². The fourth-order valence-electron chi connectivity index (χ4n) is 7.34. The maximum atomic E-state index is 14.5. The number of rotatable bonds is 12. The Morgan fingerprint density at radius 3 is 2.43 bits per heavy atom. The molecule has 1 spiro atoms. The summed E-state index contributed by atoms with van der Waals surface area (Å²) in [7, 11) is 0. The van der Waals surface area contributed by atoms with Crippen LogP contribution in [-0.4, -0.2) is 81.8 Å². The quantitative estimate of drug-likeness (QED) is 0.241. The highest BCUT2D eigenvalue weighted by atomic mass is 16.6. The fraction of sp³-hybridized carbons (Fsp3) is 0.759. The molecule has 2 amide bonds. The molecule has 0 aromatic carbocycles. The highest BCUT2D eigenvalue weighted by Gasteiger charge is 2.79.